The summed E-state index contributed by atoms with van der Waals surface area (Å²) in [4.78, 5) is 15.9. The fourth-order valence-corrected chi connectivity index (χ4v) is 4.19. The Morgan fingerprint density at radius 2 is 1.85 bits per heavy atom. The lowest BCUT2D eigenvalue weighted by atomic mass is 10.2. The van der Waals surface area contributed by atoms with E-state index in [0.29, 0.717) is 6.16 Å². The van der Waals surface area contributed by atoms with Crippen molar-refractivity contribution in [2.45, 2.75) is 12.8 Å². The van der Waals surface area contributed by atoms with Crippen LogP contribution in [0.15, 0.2) is 73.3 Å². The number of nitrogens with one attached hydrogen (secondary N) is 1. The van der Waals surface area contributed by atoms with Gasteiger partial charge in [-0.25, -0.2) is 9.78 Å². The van der Waals surface area contributed by atoms with Gasteiger partial charge in [0.2, 0.25) is 0 Å². The average molecular weight is 383 g/mol. The van der Waals surface area contributed by atoms with Crippen LogP contribution in [0.4, 0.5) is 4.79 Å². The summed E-state index contributed by atoms with van der Waals surface area (Å²) in [6.07, 6.45) is 5.27. The maximum Gasteiger partial charge on any atom is 0.407 e. The summed E-state index contributed by atoms with van der Waals surface area (Å²) in [5.74, 6) is 0. The monoisotopic (exact) mass is 383 g/mol. The molecule has 0 saturated heterocycles. The minimum atomic E-state index is -2.57. The molecule has 0 fully saturated rings. The van der Waals surface area contributed by atoms with Gasteiger partial charge in [-0.3, -0.25) is 0 Å². The molecule has 0 aliphatic carbocycles. The van der Waals surface area contributed by atoms with E-state index in [1.165, 1.54) is 0 Å². The van der Waals surface area contributed by atoms with E-state index in [4.69, 9.17) is 4.74 Å². The molecule has 3 aromatic rings. The van der Waals surface area contributed by atoms with E-state index in [2.05, 4.69) is 10.3 Å². The van der Waals surface area contributed by atoms with Crippen molar-refractivity contribution in [3.05, 3.63) is 84.4 Å². The van der Waals surface area contributed by atoms with Crippen molar-refractivity contribution < 1.29 is 14.1 Å². The van der Waals surface area contributed by atoms with Gasteiger partial charge in [-0.1, -0.05) is 42.5 Å². The van der Waals surface area contributed by atoms with Crippen molar-refractivity contribution in [2.75, 3.05) is 13.0 Å². The Morgan fingerprint density at radius 3 is 2.52 bits per heavy atom. The van der Waals surface area contributed by atoms with Gasteiger partial charge in [0.05, 0.1) is 12.6 Å². The zero-order valence-corrected chi connectivity index (χ0v) is 16.0. The number of ether oxygens (including phenoxy) is 1. The predicted octanol–water partition coefficient (Wildman–Crippen LogP) is 4.25. The van der Waals surface area contributed by atoms with E-state index >= 15 is 0 Å². The molecule has 1 N–H and O–H groups in total. The van der Waals surface area contributed by atoms with Crippen LogP contribution in [0, 0.1) is 0 Å². The number of amides is 1. The van der Waals surface area contributed by atoms with Gasteiger partial charge < -0.3 is 19.2 Å². The summed E-state index contributed by atoms with van der Waals surface area (Å²) in [5, 5.41) is 2.61. The lowest BCUT2D eigenvalue weighted by Gasteiger charge is -2.15. The SMILES string of the molecule is CP(=O)(CNC(=O)OCc1ccccc1)Cc1ccc(-n2ccnc2)cc1. The zero-order valence-electron chi connectivity index (χ0n) is 15.1. The molecule has 0 aliphatic heterocycles. The molecule has 0 bridgehead atoms. The third-order valence-corrected chi connectivity index (χ3v) is 5.89. The highest BCUT2D eigenvalue weighted by Gasteiger charge is 2.18. The first-order valence-electron chi connectivity index (χ1n) is 8.59. The number of nitrogens with zero attached hydrogens (tertiary/aromatic N) is 2. The minimum absolute atomic E-state index is 0.101. The second-order valence-corrected chi connectivity index (χ2v) is 9.71. The van der Waals surface area contributed by atoms with Gasteiger partial charge in [0.25, 0.3) is 0 Å². The standard InChI is InChI=1S/C20H22N3O3P/c1-27(25,16-22-20(24)26-13-17-5-3-2-4-6-17)14-18-7-9-19(10-8-18)23-12-11-21-15-23/h2-12,15H,13-14,16H2,1H3,(H,22,24). The van der Waals surface area contributed by atoms with Crippen LogP contribution in [0.1, 0.15) is 11.1 Å². The van der Waals surface area contributed by atoms with Crippen LogP contribution in [0.3, 0.4) is 0 Å². The van der Waals surface area contributed by atoms with Gasteiger partial charge in [0, 0.05) is 24.2 Å². The van der Waals surface area contributed by atoms with Crippen LogP contribution < -0.4 is 5.32 Å². The molecule has 1 heterocycles. The molecular weight excluding hydrogens is 361 g/mol. The minimum Gasteiger partial charge on any atom is -0.445 e. The van der Waals surface area contributed by atoms with Crippen LogP contribution in [-0.4, -0.2) is 28.6 Å². The van der Waals surface area contributed by atoms with Crippen molar-refractivity contribution in [1.29, 1.82) is 0 Å². The maximum atomic E-state index is 12.8. The number of rotatable bonds is 7. The molecule has 0 spiro atoms. The van der Waals surface area contributed by atoms with E-state index in [1.54, 1.807) is 19.2 Å². The Balaban J connectivity index is 1.48. The Labute approximate surface area is 158 Å². The lowest BCUT2D eigenvalue weighted by Crippen LogP contribution is -2.25. The number of alkyl carbamates (subject to hydrolysis) is 1. The number of benzene rings is 2. The average Bonchev–Trinajstić information content (AvgIpc) is 3.21. The first-order chi connectivity index (χ1) is 13.0. The molecular formula is C20H22N3O3P. The highest BCUT2D eigenvalue weighted by molar-refractivity contribution is 7.62. The Morgan fingerprint density at radius 1 is 1.11 bits per heavy atom. The Bertz CT molecular complexity index is 909. The summed E-state index contributed by atoms with van der Waals surface area (Å²) in [7, 11) is -2.57. The molecule has 27 heavy (non-hydrogen) atoms. The second kappa shape index (κ2) is 8.69. The van der Waals surface area contributed by atoms with Crippen molar-refractivity contribution in [3.8, 4) is 5.69 Å². The van der Waals surface area contributed by atoms with Crippen molar-refractivity contribution >= 4 is 13.2 Å². The molecule has 140 valence electrons. The van der Waals surface area contributed by atoms with Crippen LogP contribution in [0.25, 0.3) is 5.69 Å². The summed E-state index contributed by atoms with van der Waals surface area (Å²) >= 11 is 0. The molecule has 1 unspecified atom stereocenters. The fraction of sp³-hybridized carbons (Fsp3) is 0.200. The fourth-order valence-electron chi connectivity index (χ4n) is 2.63. The van der Waals surface area contributed by atoms with Gasteiger partial charge in [-0.15, -0.1) is 0 Å². The van der Waals surface area contributed by atoms with Crippen LogP contribution >= 0.6 is 7.14 Å². The predicted molar refractivity (Wildman–Crippen MR) is 105 cm³/mol. The topological polar surface area (TPSA) is 73.2 Å². The number of aromatic nitrogens is 2. The van der Waals surface area contributed by atoms with Crippen molar-refractivity contribution in [3.63, 3.8) is 0 Å². The molecule has 7 heteroatoms. The molecule has 6 nitrogen and oxygen atoms in total. The molecule has 1 aromatic heterocycles. The molecule has 0 saturated carbocycles. The summed E-state index contributed by atoms with van der Waals surface area (Å²) in [6.45, 7) is 1.88. The summed E-state index contributed by atoms with van der Waals surface area (Å²) in [5.41, 5.74) is 2.86. The highest BCUT2D eigenvalue weighted by Crippen LogP contribution is 2.43. The van der Waals surface area contributed by atoms with Crippen LogP contribution in [-0.2, 0) is 22.1 Å². The van der Waals surface area contributed by atoms with E-state index < -0.39 is 13.2 Å². The Kier molecular flexibility index (Phi) is 6.09. The first-order valence-corrected chi connectivity index (χ1v) is 11.1. The van der Waals surface area contributed by atoms with Gasteiger partial charge in [-0.05, 0) is 29.9 Å². The second-order valence-electron chi connectivity index (χ2n) is 6.49. The molecule has 1 atom stereocenters. The molecule has 3 rings (SSSR count). The number of hydrogen-bond acceptors (Lipinski definition) is 4. The number of carbonyl (C=O) groups is 1. The Hall–Kier alpha value is -2.85. The number of hydrogen-bond donors (Lipinski definition) is 1. The van der Waals surface area contributed by atoms with Gasteiger partial charge in [0.1, 0.15) is 13.7 Å². The molecule has 0 radical (unpaired) electrons. The highest BCUT2D eigenvalue weighted by atomic mass is 31.2. The normalized spacial score (nSPS) is 12.9. The van der Waals surface area contributed by atoms with Crippen molar-refractivity contribution in [1.82, 2.24) is 14.9 Å². The van der Waals surface area contributed by atoms with Gasteiger partial charge in [0.15, 0.2) is 0 Å². The summed E-state index contributed by atoms with van der Waals surface area (Å²) in [6, 6.07) is 17.2. The maximum absolute atomic E-state index is 12.8. The van der Waals surface area contributed by atoms with E-state index in [9.17, 15) is 9.36 Å². The van der Waals surface area contributed by atoms with E-state index in [1.807, 2.05) is 65.4 Å². The zero-order chi connectivity index (χ0) is 19.1. The molecule has 2 aromatic carbocycles. The number of carbonyl (C=O) groups excluding carboxylic acids is 1. The van der Waals surface area contributed by atoms with E-state index in [0.717, 1.165) is 16.8 Å². The quantitative estimate of drug-likeness (QED) is 0.619. The van der Waals surface area contributed by atoms with Crippen LogP contribution in [0.2, 0.25) is 0 Å². The largest absolute Gasteiger partial charge is 0.445 e. The lowest BCUT2D eigenvalue weighted by molar-refractivity contribution is 0.141. The molecule has 1 amide bonds. The molecule has 0 aliphatic rings. The van der Waals surface area contributed by atoms with Crippen LogP contribution in [0.5, 0.6) is 0 Å². The summed E-state index contributed by atoms with van der Waals surface area (Å²) < 4.78 is 19.8. The third kappa shape index (κ3) is 5.83. The smallest absolute Gasteiger partial charge is 0.407 e. The number of imidazole rings is 1. The van der Waals surface area contributed by atoms with Gasteiger partial charge in [-0.2, -0.15) is 0 Å². The van der Waals surface area contributed by atoms with E-state index in [-0.39, 0.29) is 12.9 Å². The third-order valence-electron chi connectivity index (χ3n) is 4.03. The van der Waals surface area contributed by atoms with Gasteiger partial charge >= 0.3 is 6.09 Å². The van der Waals surface area contributed by atoms with Crippen molar-refractivity contribution in [2.24, 2.45) is 0 Å². The first kappa shape index (κ1) is 18.9.